The molecule has 0 radical (unpaired) electrons. The molecule has 0 aliphatic carbocycles. The zero-order valence-electron chi connectivity index (χ0n) is 6.00. The fourth-order valence-corrected chi connectivity index (χ4v) is 0.801. The third kappa shape index (κ3) is 1.13. The van der Waals surface area contributed by atoms with Crippen LogP contribution in [0.2, 0.25) is 0 Å². The third-order valence-electron chi connectivity index (χ3n) is 1.51. The van der Waals surface area contributed by atoms with Gasteiger partial charge in [-0.05, 0) is 0 Å². The van der Waals surface area contributed by atoms with Gasteiger partial charge < -0.3 is 0 Å². The van der Waals surface area contributed by atoms with Crippen LogP contribution < -0.4 is 0 Å². The molecule has 0 atom stereocenters. The Kier molecular flexibility index (Phi) is 1.73. The molecule has 0 unspecified atom stereocenters. The minimum atomic E-state index is -0.510. The lowest BCUT2D eigenvalue weighted by Crippen LogP contribution is -2.36. The van der Waals surface area contributed by atoms with Gasteiger partial charge in [-0.15, -0.1) is 0 Å². The van der Waals surface area contributed by atoms with Crippen LogP contribution in [0.5, 0.6) is 0 Å². The summed E-state index contributed by atoms with van der Waals surface area (Å²) < 4.78 is 0. The summed E-state index contributed by atoms with van der Waals surface area (Å²) in [5.74, 6) is -0.780. The molecule has 0 fully saturated rings. The summed E-state index contributed by atoms with van der Waals surface area (Å²) in [7, 11) is 1.37. The maximum atomic E-state index is 11.0. The van der Waals surface area contributed by atoms with E-state index in [0.29, 0.717) is 0 Å². The minimum absolute atomic E-state index is 0.0482. The first-order valence-electron chi connectivity index (χ1n) is 3.08. The Morgan fingerprint density at radius 3 is 2.82 bits per heavy atom. The van der Waals surface area contributed by atoms with E-state index in [1.807, 2.05) is 0 Å². The van der Waals surface area contributed by atoms with Crippen LogP contribution in [0.25, 0.3) is 0 Å². The van der Waals surface area contributed by atoms with Crippen molar-refractivity contribution in [1.29, 1.82) is 5.26 Å². The molecule has 0 aromatic heterocycles. The summed E-state index contributed by atoms with van der Waals surface area (Å²) in [4.78, 5) is 22.8. The maximum absolute atomic E-state index is 11.0. The van der Waals surface area contributed by atoms with Gasteiger partial charge in [-0.1, -0.05) is 6.08 Å². The predicted octanol–water partition coefficient (Wildman–Crippen LogP) is -0.175. The molecule has 0 saturated heterocycles. The van der Waals surface area contributed by atoms with Gasteiger partial charge in [0.15, 0.2) is 0 Å². The van der Waals surface area contributed by atoms with Crippen molar-refractivity contribution in [2.24, 2.45) is 0 Å². The average Bonchev–Trinajstić information content (AvgIpc) is 2.01. The zero-order chi connectivity index (χ0) is 8.43. The van der Waals surface area contributed by atoms with Crippen molar-refractivity contribution < 1.29 is 9.59 Å². The molecule has 1 rings (SSSR count). The molecule has 0 aromatic rings. The SMILES string of the molecule is CN1C(=O)CC=C(C#N)C1=O. The van der Waals surface area contributed by atoms with E-state index in [4.69, 9.17) is 5.26 Å². The van der Waals surface area contributed by atoms with Crippen LogP contribution in [0, 0.1) is 11.3 Å². The van der Waals surface area contributed by atoms with Crippen molar-refractivity contribution in [3.8, 4) is 6.07 Å². The number of hydrogen-bond acceptors (Lipinski definition) is 3. The molecular weight excluding hydrogens is 144 g/mol. The van der Waals surface area contributed by atoms with Crippen LogP contribution in [0.4, 0.5) is 0 Å². The first-order chi connectivity index (χ1) is 5.16. The molecule has 0 aromatic carbocycles. The number of imide groups is 1. The summed E-state index contributed by atoms with van der Waals surface area (Å²) in [6.45, 7) is 0. The highest BCUT2D eigenvalue weighted by molar-refractivity contribution is 6.09. The first-order valence-corrected chi connectivity index (χ1v) is 3.08. The van der Waals surface area contributed by atoms with E-state index >= 15 is 0 Å². The van der Waals surface area contributed by atoms with Gasteiger partial charge in [0.1, 0.15) is 11.6 Å². The Hall–Kier alpha value is -1.63. The van der Waals surface area contributed by atoms with Crippen LogP contribution in [0.3, 0.4) is 0 Å². The normalized spacial score (nSPS) is 17.8. The molecule has 1 aliphatic heterocycles. The highest BCUT2D eigenvalue weighted by Crippen LogP contribution is 2.09. The zero-order valence-corrected chi connectivity index (χ0v) is 6.00. The van der Waals surface area contributed by atoms with Crippen LogP contribution >= 0.6 is 0 Å². The molecular formula is C7H6N2O2. The van der Waals surface area contributed by atoms with Gasteiger partial charge in [0.25, 0.3) is 5.91 Å². The number of rotatable bonds is 0. The van der Waals surface area contributed by atoms with E-state index in [9.17, 15) is 9.59 Å². The van der Waals surface area contributed by atoms with Gasteiger partial charge in [0.05, 0.1) is 0 Å². The molecule has 0 bridgehead atoms. The van der Waals surface area contributed by atoms with Crippen molar-refractivity contribution in [2.75, 3.05) is 7.05 Å². The van der Waals surface area contributed by atoms with Gasteiger partial charge in [-0.25, -0.2) is 0 Å². The van der Waals surface area contributed by atoms with Gasteiger partial charge in [-0.2, -0.15) is 5.26 Å². The highest BCUT2D eigenvalue weighted by Gasteiger charge is 2.24. The molecule has 56 valence electrons. The van der Waals surface area contributed by atoms with Crippen molar-refractivity contribution in [2.45, 2.75) is 6.42 Å². The van der Waals surface area contributed by atoms with E-state index in [1.165, 1.54) is 13.1 Å². The van der Waals surface area contributed by atoms with E-state index < -0.39 is 5.91 Å². The molecule has 2 amide bonds. The van der Waals surface area contributed by atoms with Crippen molar-refractivity contribution >= 4 is 11.8 Å². The van der Waals surface area contributed by atoms with Gasteiger partial charge in [0.2, 0.25) is 5.91 Å². The quantitative estimate of drug-likeness (QED) is 0.450. The van der Waals surface area contributed by atoms with E-state index in [-0.39, 0.29) is 17.9 Å². The number of carbonyl (C=O) groups excluding carboxylic acids is 2. The van der Waals surface area contributed by atoms with Crippen molar-refractivity contribution in [3.05, 3.63) is 11.6 Å². The monoisotopic (exact) mass is 150 g/mol. The fourth-order valence-electron chi connectivity index (χ4n) is 0.801. The number of nitrogens with zero attached hydrogens (tertiary/aromatic N) is 2. The number of carbonyl (C=O) groups is 2. The second kappa shape index (κ2) is 2.54. The van der Waals surface area contributed by atoms with Crippen LogP contribution in [0.1, 0.15) is 6.42 Å². The lowest BCUT2D eigenvalue weighted by molar-refractivity contribution is -0.140. The Bertz CT molecular complexity index is 285. The van der Waals surface area contributed by atoms with Gasteiger partial charge >= 0.3 is 0 Å². The van der Waals surface area contributed by atoms with Gasteiger partial charge in [-0.3, -0.25) is 14.5 Å². The summed E-state index contributed by atoms with van der Waals surface area (Å²) in [5, 5.41) is 8.39. The Morgan fingerprint density at radius 1 is 1.64 bits per heavy atom. The Labute approximate surface area is 63.7 Å². The average molecular weight is 150 g/mol. The van der Waals surface area contributed by atoms with E-state index in [1.54, 1.807) is 6.07 Å². The fraction of sp³-hybridized carbons (Fsp3) is 0.286. The lowest BCUT2D eigenvalue weighted by Gasteiger charge is -2.17. The third-order valence-corrected chi connectivity index (χ3v) is 1.51. The smallest absolute Gasteiger partial charge is 0.270 e. The van der Waals surface area contributed by atoms with Crippen LogP contribution in [0.15, 0.2) is 11.6 Å². The van der Waals surface area contributed by atoms with Crippen molar-refractivity contribution in [1.82, 2.24) is 4.90 Å². The van der Waals surface area contributed by atoms with Crippen molar-refractivity contribution in [3.63, 3.8) is 0 Å². The largest absolute Gasteiger partial charge is 0.281 e. The molecule has 0 spiro atoms. The Morgan fingerprint density at radius 2 is 2.27 bits per heavy atom. The second-order valence-corrected chi connectivity index (χ2v) is 2.19. The molecule has 0 saturated carbocycles. The highest BCUT2D eigenvalue weighted by atomic mass is 16.2. The molecule has 4 nitrogen and oxygen atoms in total. The number of hydrogen-bond donors (Lipinski definition) is 0. The minimum Gasteiger partial charge on any atom is -0.281 e. The second-order valence-electron chi connectivity index (χ2n) is 2.19. The summed E-state index contributed by atoms with van der Waals surface area (Å²) in [6, 6.07) is 1.72. The van der Waals surface area contributed by atoms with E-state index in [2.05, 4.69) is 0 Å². The molecule has 4 heteroatoms. The number of amides is 2. The first kappa shape index (κ1) is 7.48. The van der Waals surface area contributed by atoms with Gasteiger partial charge in [0, 0.05) is 13.5 Å². The Balaban J connectivity index is 2.99. The van der Waals surface area contributed by atoms with E-state index in [0.717, 1.165) is 4.90 Å². The molecule has 0 N–H and O–H groups in total. The summed E-state index contributed by atoms with van der Waals surface area (Å²) >= 11 is 0. The topological polar surface area (TPSA) is 61.2 Å². The molecule has 1 heterocycles. The van der Waals surface area contributed by atoms with Crippen LogP contribution in [-0.2, 0) is 9.59 Å². The maximum Gasteiger partial charge on any atom is 0.270 e. The number of nitriles is 1. The summed E-state index contributed by atoms with van der Waals surface area (Å²) in [5.41, 5.74) is 0.0482. The summed E-state index contributed by atoms with van der Waals surface area (Å²) in [6.07, 6.45) is 1.50. The predicted molar refractivity (Wildman–Crippen MR) is 36.1 cm³/mol. The number of likely N-dealkylation sites (N-methyl/N-ethyl adjacent to an activating group) is 1. The molecule has 11 heavy (non-hydrogen) atoms. The standard InChI is InChI=1S/C7H6N2O2/c1-9-6(10)3-2-5(4-8)7(9)11/h2H,3H2,1H3. The molecule has 1 aliphatic rings. The lowest BCUT2D eigenvalue weighted by atomic mass is 10.1. The van der Waals surface area contributed by atoms with Crippen LogP contribution in [-0.4, -0.2) is 23.8 Å².